The van der Waals surface area contributed by atoms with E-state index in [1.54, 1.807) is 54.6 Å². The molecule has 0 bridgehead atoms. The summed E-state index contributed by atoms with van der Waals surface area (Å²) in [7, 11) is 0. The second-order valence-corrected chi connectivity index (χ2v) is 7.81. The standard InChI is InChI=1S/C25H19ClN4O3/c1-14-6-7-16(24(27)32)13-21(14)29-30-22-19-5-3-2-4-15(19)12-20(23(22)31)25(33)28-18-10-8-17(26)9-11-18/h2-13,31H,1H3,(H2,27,32)(H,28,33). The predicted molar refractivity (Wildman–Crippen MR) is 129 cm³/mol. The summed E-state index contributed by atoms with van der Waals surface area (Å²) < 4.78 is 0. The van der Waals surface area contributed by atoms with Crippen molar-refractivity contribution >= 4 is 51.2 Å². The quantitative estimate of drug-likeness (QED) is 0.305. The van der Waals surface area contributed by atoms with E-state index in [4.69, 9.17) is 17.3 Å². The Morgan fingerprint density at radius 2 is 1.70 bits per heavy atom. The first kappa shape index (κ1) is 22.0. The van der Waals surface area contributed by atoms with Crippen molar-refractivity contribution in [3.63, 3.8) is 0 Å². The molecule has 8 heteroatoms. The van der Waals surface area contributed by atoms with Gasteiger partial charge < -0.3 is 16.2 Å². The number of halogens is 1. The van der Waals surface area contributed by atoms with Gasteiger partial charge in [-0.25, -0.2) is 0 Å². The van der Waals surface area contributed by atoms with Gasteiger partial charge in [0.25, 0.3) is 5.91 Å². The fourth-order valence-corrected chi connectivity index (χ4v) is 3.42. The summed E-state index contributed by atoms with van der Waals surface area (Å²) in [6.45, 7) is 1.81. The average molecular weight is 459 g/mol. The number of carbonyl (C=O) groups excluding carboxylic acids is 2. The van der Waals surface area contributed by atoms with Crippen molar-refractivity contribution in [1.29, 1.82) is 0 Å². The fourth-order valence-electron chi connectivity index (χ4n) is 3.30. The number of fused-ring (bicyclic) bond motifs is 1. The molecule has 0 fully saturated rings. The van der Waals surface area contributed by atoms with E-state index >= 15 is 0 Å². The van der Waals surface area contributed by atoms with E-state index < -0.39 is 11.8 Å². The lowest BCUT2D eigenvalue weighted by Crippen LogP contribution is -2.12. The molecule has 4 aromatic carbocycles. The number of amides is 2. The predicted octanol–water partition coefficient (Wildman–Crippen LogP) is 6.27. The molecule has 0 unspecified atom stereocenters. The number of benzene rings is 4. The Hall–Kier alpha value is -4.23. The molecule has 0 radical (unpaired) electrons. The molecular weight excluding hydrogens is 440 g/mol. The number of phenols is 1. The van der Waals surface area contributed by atoms with Crippen LogP contribution in [0.4, 0.5) is 17.1 Å². The molecule has 0 aliphatic rings. The maximum absolute atomic E-state index is 12.9. The van der Waals surface area contributed by atoms with Gasteiger partial charge in [-0.05, 0) is 60.3 Å². The van der Waals surface area contributed by atoms with Crippen LogP contribution in [0.3, 0.4) is 0 Å². The highest BCUT2D eigenvalue weighted by Gasteiger charge is 2.19. The molecule has 0 aliphatic carbocycles. The number of primary amides is 1. The van der Waals surface area contributed by atoms with Crippen molar-refractivity contribution in [2.45, 2.75) is 6.92 Å². The van der Waals surface area contributed by atoms with Gasteiger partial charge in [-0.15, -0.1) is 5.11 Å². The fraction of sp³-hybridized carbons (Fsp3) is 0.0400. The van der Waals surface area contributed by atoms with Crippen molar-refractivity contribution in [3.05, 3.63) is 94.5 Å². The van der Waals surface area contributed by atoms with E-state index in [2.05, 4.69) is 15.5 Å². The highest BCUT2D eigenvalue weighted by Crippen LogP contribution is 2.40. The van der Waals surface area contributed by atoms with Gasteiger partial charge in [-0.1, -0.05) is 41.9 Å². The Kier molecular flexibility index (Phi) is 6.06. The lowest BCUT2D eigenvalue weighted by molar-refractivity contribution is 0.0997. The normalized spacial score (nSPS) is 11.1. The third kappa shape index (κ3) is 4.68. The van der Waals surface area contributed by atoms with Crippen LogP contribution in [0.5, 0.6) is 5.75 Å². The maximum Gasteiger partial charge on any atom is 0.259 e. The number of hydrogen-bond donors (Lipinski definition) is 3. The Labute approximate surface area is 194 Å². The number of rotatable bonds is 5. The number of nitrogens with two attached hydrogens (primary N) is 1. The minimum Gasteiger partial charge on any atom is -0.505 e. The van der Waals surface area contributed by atoms with Crippen molar-refractivity contribution < 1.29 is 14.7 Å². The number of nitrogens with one attached hydrogen (secondary N) is 1. The van der Waals surface area contributed by atoms with E-state index in [9.17, 15) is 14.7 Å². The lowest BCUT2D eigenvalue weighted by Gasteiger charge is -2.11. The number of aryl methyl sites for hydroxylation is 1. The number of aromatic hydroxyl groups is 1. The molecule has 0 atom stereocenters. The van der Waals surface area contributed by atoms with Crippen LogP contribution in [-0.2, 0) is 0 Å². The third-order valence-corrected chi connectivity index (χ3v) is 5.35. The van der Waals surface area contributed by atoms with Crippen LogP contribution in [0.15, 0.2) is 83.0 Å². The minimum absolute atomic E-state index is 0.0419. The van der Waals surface area contributed by atoms with Gasteiger partial charge in [0.2, 0.25) is 5.91 Å². The number of azo groups is 1. The van der Waals surface area contributed by atoms with Crippen molar-refractivity contribution in [1.82, 2.24) is 0 Å². The Morgan fingerprint density at radius 1 is 0.970 bits per heavy atom. The zero-order valence-electron chi connectivity index (χ0n) is 17.5. The Morgan fingerprint density at radius 3 is 2.42 bits per heavy atom. The molecule has 0 heterocycles. The molecule has 0 aliphatic heterocycles. The Bertz CT molecular complexity index is 1420. The lowest BCUT2D eigenvalue weighted by atomic mass is 10.0. The first-order valence-corrected chi connectivity index (χ1v) is 10.3. The van der Waals surface area contributed by atoms with E-state index in [1.165, 1.54) is 6.07 Å². The van der Waals surface area contributed by atoms with Gasteiger partial charge >= 0.3 is 0 Å². The van der Waals surface area contributed by atoms with Crippen LogP contribution in [0.25, 0.3) is 10.8 Å². The monoisotopic (exact) mass is 458 g/mol. The second kappa shape index (κ2) is 9.10. The van der Waals surface area contributed by atoms with Gasteiger partial charge in [0.15, 0.2) is 5.75 Å². The van der Waals surface area contributed by atoms with Crippen molar-refractivity contribution in [2.24, 2.45) is 16.0 Å². The van der Waals surface area contributed by atoms with E-state index in [1.807, 2.05) is 19.1 Å². The highest BCUT2D eigenvalue weighted by molar-refractivity contribution is 6.30. The summed E-state index contributed by atoms with van der Waals surface area (Å²) in [4.78, 5) is 24.5. The molecule has 2 amide bonds. The van der Waals surface area contributed by atoms with Crippen LogP contribution >= 0.6 is 11.6 Å². The summed E-state index contributed by atoms with van der Waals surface area (Å²) >= 11 is 5.90. The number of nitrogens with zero attached hydrogens (tertiary/aromatic N) is 2. The molecule has 4 N–H and O–H groups in total. The molecule has 0 saturated carbocycles. The minimum atomic E-state index is -0.583. The van der Waals surface area contributed by atoms with E-state index in [0.717, 1.165) is 5.56 Å². The zero-order chi connectivity index (χ0) is 23.5. The second-order valence-electron chi connectivity index (χ2n) is 7.37. The summed E-state index contributed by atoms with van der Waals surface area (Å²) in [6.07, 6.45) is 0. The number of hydrogen-bond acceptors (Lipinski definition) is 5. The van der Waals surface area contributed by atoms with Gasteiger partial charge in [-0.2, -0.15) is 5.11 Å². The van der Waals surface area contributed by atoms with Crippen LogP contribution in [0, 0.1) is 6.92 Å². The third-order valence-electron chi connectivity index (χ3n) is 5.09. The highest BCUT2D eigenvalue weighted by atomic mass is 35.5. The van der Waals surface area contributed by atoms with Crippen molar-refractivity contribution in [2.75, 3.05) is 5.32 Å². The summed E-state index contributed by atoms with van der Waals surface area (Å²) in [5, 5.41) is 24.0. The van der Waals surface area contributed by atoms with Crippen molar-refractivity contribution in [3.8, 4) is 5.75 Å². The van der Waals surface area contributed by atoms with E-state index in [0.29, 0.717) is 32.7 Å². The molecule has 4 aromatic rings. The van der Waals surface area contributed by atoms with Gasteiger partial charge in [0, 0.05) is 21.7 Å². The molecule has 7 nitrogen and oxygen atoms in total. The molecule has 4 rings (SSSR count). The summed E-state index contributed by atoms with van der Waals surface area (Å²) in [5.74, 6) is -1.41. The molecule has 164 valence electrons. The van der Waals surface area contributed by atoms with Gasteiger partial charge in [0.1, 0.15) is 5.69 Å². The SMILES string of the molecule is Cc1ccc(C(N)=O)cc1N=Nc1c(O)c(C(=O)Nc2ccc(Cl)cc2)cc2ccccc12. The first-order chi connectivity index (χ1) is 15.8. The Balaban J connectivity index is 1.78. The maximum atomic E-state index is 12.9. The van der Waals surface area contributed by atoms with Crippen LogP contribution < -0.4 is 11.1 Å². The van der Waals surface area contributed by atoms with E-state index in [-0.39, 0.29) is 17.0 Å². The molecule has 0 aromatic heterocycles. The molecule has 0 saturated heterocycles. The first-order valence-electron chi connectivity index (χ1n) is 9.97. The largest absolute Gasteiger partial charge is 0.505 e. The van der Waals surface area contributed by atoms with Gasteiger partial charge in [0.05, 0.1) is 11.3 Å². The smallest absolute Gasteiger partial charge is 0.259 e. The molecular formula is C25H19ClN4O3. The topological polar surface area (TPSA) is 117 Å². The zero-order valence-corrected chi connectivity index (χ0v) is 18.3. The summed E-state index contributed by atoms with van der Waals surface area (Å²) in [5.41, 5.74) is 7.55. The van der Waals surface area contributed by atoms with Crippen LogP contribution in [-0.4, -0.2) is 16.9 Å². The number of carbonyl (C=O) groups is 2. The average Bonchev–Trinajstić information content (AvgIpc) is 2.80. The molecule has 0 spiro atoms. The van der Waals surface area contributed by atoms with Gasteiger partial charge in [-0.3, -0.25) is 9.59 Å². The van der Waals surface area contributed by atoms with Crippen LogP contribution in [0.2, 0.25) is 5.02 Å². The number of phenolic OH excluding ortho intramolecular Hbond substituents is 1. The summed E-state index contributed by atoms with van der Waals surface area (Å²) in [6, 6.07) is 20.3. The number of anilines is 1. The molecule has 33 heavy (non-hydrogen) atoms. The van der Waals surface area contributed by atoms with Crippen LogP contribution in [0.1, 0.15) is 26.3 Å².